The van der Waals surface area contributed by atoms with Crippen molar-refractivity contribution in [3.8, 4) is 10.7 Å². The molecule has 3 rings (SSSR count). The Morgan fingerprint density at radius 2 is 2.25 bits per heavy atom. The molecule has 2 heterocycles. The lowest BCUT2D eigenvalue weighted by atomic mass is 9.94. The Hall–Kier alpha value is -1.69. The first-order chi connectivity index (χ1) is 9.69. The Kier molecular flexibility index (Phi) is 3.56. The number of fused-ring (bicyclic) bond motifs is 1. The molecule has 0 spiro atoms. The molecular formula is C14H18N4OS. The average Bonchev–Trinajstić information content (AvgIpc) is 3.01. The van der Waals surface area contributed by atoms with Crippen LogP contribution in [0.3, 0.4) is 0 Å². The van der Waals surface area contributed by atoms with E-state index in [1.165, 1.54) is 35.3 Å². The number of aromatic nitrogens is 3. The van der Waals surface area contributed by atoms with Crippen LogP contribution in [0.15, 0.2) is 5.38 Å². The second-order valence-corrected chi connectivity index (χ2v) is 5.97. The van der Waals surface area contributed by atoms with Crippen molar-refractivity contribution >= 4 is 17.2 Å². The maximum Gasteiger partial charge on any atom is 0.225 e. The first-order valence-electron chi connectivity index (χ1n) is 7.00. The lowest BCUT2D eigenvalue weighted by Crippen LogP contribution is -2.14. The van der Waals surface area contributed by atoms with Crippen molar-refractivity contribution in [2.45, 2.75) is 45.6 Å². The average molecular weight is 290 g/mol. The maximum atomic E-state index is 11.0. The Bertz CT molecular complexity index is 644. The summed E-state index contributed by atoms with van der Waals surface area (Å²) in [4.78, 5) is 16.8. The highest BCUT2D eigenvalue weighted by atomic mass is 32.1. The Morgan fingerprint density at radius 1 is 1.45 bits per heavy atom. The summed E-state index contributed by atoms with van der Waals surface area (Å²) in [7, 11) is 0. The number of aryl methyl sites for hydroxylation is 2. The van der Waals surface area contributed by atoms with Gasteiger partial charge in [-0.3, -0.25) is 4.79 Å². The van der Waals surface area contributed by atoms with Crippen molar-refractivity contribution < 1.29 is 4.79 Å². The molecule has 0 unspecified atom stereocenters. The van der Waals surface area contributed by atoms with Crippen LogP contribution in [0.25, 0.3) is 10.7 Å². The molecule has 0 aromatic carbocycles. The van der Waals surface area contributed by atoms with Crippen LogP contribution in [-0.2, 0) is 30.6 Å². The zero-order chi connectivity index (χ0) is 14.1. The molecule has 0 saturated carbocycles. The predicted molar refractivity (Wildman–Crippen MR) is 78.5 cm³/mol. The molecular weight excluding hydrogens is 272 g/mol. The highest BCUT2D eigenvalue weighted by Crippen LogP contribution is 2.36. The number of nitrogens with zero attached hydrogens (tertiary/aromatic N) is 3. The molecule has 0 bridgehead atoms. The van der Waals surface area contributed by atoms with E-state index in [-0.39, 0.29) is 6.42 Å². The fourth-order valence-corrected chi connectivity index (χ4v) is 3.87. The van der Waals surface area contributed by atoms with E-state index < -0.39 is 5.91 Å². The minimum absolute atomic E-state index is 0.105. The molecule has 2 aromatic rings. The van der Waals surface area contributed by atoms with E-state index in [1.807, 2.05) is 11.6 Å². The van der Waals surface area contributed by atoms with Gasteiger partial charge in [0.15, 0.2) is 11.6 Å². The van der Waals surface area contributed by atoms with E-state index >= 15 is 0 Å². The number of rotatable bonds is 4. The molecule has 0 atom stereocenters. The fraction of sp³-hybridized carbons (Fsp3) is 0.500. The summed E-state index contributed by atoms with van der Waals surface area (Å²) in [6, 6.07) is 0. The number of hydrogen-bond donors (Lipinski definition) is 1. The van der Waals surface area contributed by atoms with Crippen molar-refractivity contribution in [2.75, 3.05) is 0 Å². The molecule has 1 aliphatic carbocycles. The van der Waals surface area contributed by atoms with Crippen molar-refractivity contribution in [3.05, 3.63) is 22.3 Å². The first-order valence-corrected chi connectivity index (χ1v) is 7.88. The van der Waals surface area contributed by atoms with E-state index in [0.29, 0.717) is 5.82 Å². The van der Waals surface area contributed by atoms with Crippen LogP contribution >= 0.6 is 11.3 Å². The number of primary amides is 1. The van der Waals surface area contributed by atoms with Crippen LogP contribution in [0.4, 0.5) is 0 Å². The SMILES string of the molecule is CCn1nc(CC(N)=O)nc1-c1scc2c1CCCC2. The van der Waals surface area contributed by atoms with Crippen molar-refractivity contribution in [2.24, 2.45) is 5.73 Å². The van der Waals surface area contributed by atoms with Gasteiger partial charge in [-0.1, -0.05) is 0 Å². The number of hydrogen-bond acceptors (Lipinski definition) is 4. The van der Waals surface area contributed by atoms with Gasteiger partial charge in [-0.25, -0.2) is 9.67 Å². The molecule has 1 aliphatic rings. The predicted octanol–water partition coefficient (Wildman–Crippen LogP) is 1.93. The van der Waals surface area contributed by atoms with Gasteiger partial charge in [-0.15, -0.1) is 11.3 Å². The van der Waals surface area contributed by atoms with Gasteiger partial charge in [0.1, 0.15) is 0 Å². The van der Waals surface area contributed by atoms with E-state index in [0.717, 1.165) is 18.8 Å². The fourth-order valence-electron chi connectivity index (χ4n) is 2.72. The Balaban J connectivity index is 2.02. The number of nitrogens with two attached hydrogens (primary N) is 1. The topological polar surface area (TPSA) is 73.8 Å². The highest BCUT2D eigenvalue weighted by molar-refractivity contribution is 7.13. The van der Waals surface area contributed by atoms with Gasteiger partial charge >= 0.3 is 0 Å². The van der Waals surface area contributed by atoms with Gasteiger partial charge in [-0.05, 0) is 49.1 Å². The van der Waals surface area contributed by atoms with Gasteiger partial charge in [0.2, 0.25) is 5.91 Å². The van der Waals surface area contributed by atoms with E-state index in [2.05, 4.69) is 15.5 Å². The van der Waals surface area contributed by atoms with Crippen LogP contribution in [0.2, 0.25) is 0 Å². The van der Waals surface area contributed by atoms with Crippen LogP contribution in [0.1, 0.15) is 36.7 Å². The number of thiophene rings is 1. The zero-order valence-electron chi connectivity index (χ0n) is 11.6. The molecule has 5 nitrogen and oxygen atoms in total. The molecule has 106 valence electrons. The summed E-state index contributed by atoms with van der Waals surface area (Å²) >= 11 is 1.74. The molecule has 20 heavy (non-hydrogen) atoms. The van der Waals surface area contributed by atoms with E-state index in [4.69, 9.17) is 5.73 Å². The molecule has 1 amide bonds. The van der Waals surface area contributed by atoms with Gasteiger partial charge < -0.3 is 5.73 Å². The largest absolute Gasteiger partial charge is 0.369 e. The Labute approximate surface area is 121 Å². The summed E-state index contributed by atoms with van der Waals surface area (Å²) in [6.07, 6.45) is 4.91. The van der Waals surface area contributed by atoms with Crippen LogP contribution < -0.4 is 5.73 Å². The molecule has 2 N–H and O–H groups in total. The second-order valence-electron chi connectivity index (χ2n) is 5.09. The van der Waals surface area contributed by atoms with Gasteiger partial charge in [0.05, 0.1) is 11.3 Å². The lowest BCUT2D eigenvalue weighted by Gasteiger charge is -2.12. The molecule has 6 heteroatoms. The lowest BCUT2D eigenvalue weighted by molar-refractivity contribution is -0.117. The number of amides is 1. The molecule has 2 aromatic heterocycles. The summed E-state index contributed by atoms with van der Waals surface area (Å²) in [5.41, 5.74) is 8.11. The standard InChI is InChI=1S/C14H18N4OS/c1-2-18-14(16-12(17-18)7-11(15)19)13-10-6-4-3-5-9(10)8-20-13/h8H,2-7H2,1H3,(H2,15,19). The highest BCUT2D eigenvalue weighted by Gasteiger charge is 2.21. The van der Waals surface area contributed by atoms with Crippen molar-refractivity contribution in [1.82, 2.24) is 14.8 Å². The third kappa shape index (κ3) is 2.35. The minimum Gasteiger partial charge on any atom is -0.369 e. The van der Waals surface area contributed by atoms with Gasteiger partial charge in [-0.2, -0.15) is 5.10 Å². The normalized spacial score (nSPS) is 14.2. The van der Waals surface area contributed by atoms with Gasteiger partial charge in [0.25, 0.3) is 0 Å². The third-order valence-corrected chi connectivity index (χ3v) is 4.72. The van der Waals surface area contributed by atoms with Crippen LogP contribution in [0, 0.1) is 0 Å². The third-order valence-electron chi connectivity index (χ3n) is 3.65. The molecule has 0 fully saturated rings. The summed E-state index contributed by atoms with van der Waals surface area (Å²) in [5, 5.41) is 6.63. The maximum absolute atomic E-state index is 11.0. The molecule has 0 radical (unpaired) electrons. The van der Waals surface area contributed by atoms with E-state index in [1.54, 1.807) is 11.3 Å². The monoisotopic (exact) mass is 290 g/mol. The summed E-state index contributed by atoms with van der Waals surface area (Å²) < 4.78 is 1.87. The minimum atomic E-state index is -0.391. The van der Waals surface area contributed by atoms with Crippen molar-refractivity contribution in [1.29, 1.82) is 0 Å². The Morgan fingerprint density at radius 3 is 3.00 bits per heavy atom. The number of carbonyl (C=O) groups is 1. The molecule has 0 saturated heterocycles. The number of carbonyl (C=O) groups excluding carboxylic acids is 1. The van der Waals surface area contributed by atoms with Crippen LogP contribution in [0.5, 0.6) is 0 Å². The zero-order valence-corrected chi connectivity index (χ0v) is 12.4. The molecule has 0 aliphatic heterocycles. The quantitative estimate of drug-likeness (QED) is 0.935. The summed E-state index contributed by atoms with van der Waals surface area (Å²) in [6.45, 7) is 2.78. The van der Waals surface area contributed by atoms with Gasteiger partial charge in [0, 0.05) is 6.54 Å². The second kappa shape index (κ2) is 5.36. The summed E-state index contributed by atoms with van der Waals surface area (Å²) in [5.74, 6) is 1.02. The van der Waals surface area contributed by atoms with E-state index in [9.17, 15) is 4.79 Å². The first kappa shape index (κ1) is 13.3. The van der Waals surface area contributed by atoms with Crippen LogP contribution in [-0.4, -0.2) is 20.7 Å². The van der Waals surface area contributed by atoms with Crippen molar-refractivity contribution in [3.63, 3.8) is 0 Å². The smallest absolute Gasteiger partial charge is 0.225 e.